The Hall–Kier alpha value is -1.76. The van der Waals surface area contributed by atoms with Crippen molar-refractivity contribution in [2.75, 3.05) is 26.2 Å². The molecule has 1 aliphatic rings. The van der Waals surface area contributed by atoms with E-state index in [-0.39, 0.29) is 4.90 Å². The molecule has 1 fully saturated rings. The molecule has 0 amide bonds. The summed E-state index contributed by atoms with van der Waals surface area (Å²) in [5.41, 5.74) is 2.48. The van der Waals surface area contributed by atoms with E-state index in [1.807, 2.05) is 0 Å². The number of hydrogen-bond acceptors (Lipinski definition) is 2. The minimum Gasteiger partial charge on any atom is -0.329 e. The van der Waals surface area contributed by atoms with Crippen molar-refractivity contribution in [1.29, 1.82) is 0 Å². The van der Waals surface area contributed by atoms with Crippen molar-refractivity contribution in [3.63, 3.8) is 0 Å². The van der Waals surface area contributed by atoms with Crippen molar-refractivity contribution in [2.45, 2.75) is 18.4 Å². The topological polar surface area (TPSA) is 41.8 Å². The molecule has 1 heterocycles. The first-order valence-electron chi connectivity index (χ1n) is 8.10. The third-order valence-electron chi connectivity index (χ3n) is 4.46. The van der Waals surface area contributed by atoms with E-state index in [0.29, 0.717) is 13.1 Å². The van der Waals surface area contributed by atoms with Crippen LogP contribution in [0.4, 0.5) is 4.39 Å². The molecule has 1 N–H and O–H groups in total. The van der Waals surface area contributed by atoms with E-state index in [2.05, 4.69) is 31.2 Å². The highest BCUT2D eigenvalue weighted by molar-refractivity contribution is 7.89. The summed E-state index contributed by atoms with van der Waals surface area (Å²) in [5.74, 6) is -0.688. The molecule has 0 aromatic heterocycles. The Labute approximate surface area is 142 Å². The number of rotatable bonds is 4. The van der Waals surface area contributed by atoms with Crippen molar-refractivity contribution >= 4 is 10.0 Å². The van der Waals surface area contributed by atoms with Gasteiger partial charge in [-0.2, -0.15) is 4.31 Å². The monoisotopic (exact) mass is 349 g/mol. The van der Waals surface area contributed by atoms with Gasteiger partial charge in [-0.25, -0.2) is 12.8 Å². The van der Waals surface area contributed by atoms with Crippen molar-refractivity contribution in [3.05, 3.63) is 65.5 Å². The second kappa shape index (κ2) is 7.01. The summed E-state index contributed by atoms with van der Waals surface area (Å²) in [6.07, 6.45) is 0. The standard InChI is InChI=1S/C18H21FN2O2S/c1-15-6-8-16(9-7-15)14-20-10-12-21(13-11-20)24(22,23)18-5-3-2-4-17(18)19/h2-9H,10-14H2,1H3/p+1. The molecule has 0 unspecified atom stereocenters. The van der Waals surface area contributed by atoms with E-state index in [1.165, 1.54) is 38.5 Å². The normalized spacial score (nSPS) is 17.1. The lowest BCUT2D eigenvalue weighted by Gasteiger charge is -2.31. The fourth-order valence-electron chi connectivity index (χ4n) is 3.01. The van der Waals surface area contributed by atoms with Crippen LogP contribution in [0.25, 0.3) is 0 Å². The minimum atomic E-state index is -3.75. The maximum atomic E-state index is 13.8. The summed E-state index contributed by atoms with van der Waals surface area (Å²) in [6.45, 7) is 5.22. The number of halogens is 1. The van der Waals surface area contributed by atoms with Gasteiger partial charge in [0.25, 0.3) is 0 Å². The quantitative estimate of drug-likeness (QED) is 0.902. The molecule has 4 nitrogen and oxygen atoms in total. The zero-order chi connectivity index (χ0) is 17.2. The van der Waals surface area contributed by atoms with Crippen LogP contribution in [0.5, 0.6) is 0 Å². The van der Waals surface area contributed by atoms with E-state index in [4.69, 9.17) is 0 Å². The van der Waals surface area contributed by atoms with Crippen LogP contribution < -0.4 is 4.90 Å². The zero-order valence-corrected chi connectivity index (χ0v) is 14.5. The lowest BCUT2D eigenvalue weighted by molar-refractivity contribution is -0.917. The molecular formula is C18H22FN2O2S+. The second-order valence-corrected chi connectivity index (χ2v) is 8.15. The fourth-order valence-corrected chi connectivity index (χ4v) is 4.51. The van der Waals surface area contributed by atoms with Crippen molar-refractivity contribution < 1.29 is 17.7 Å². The molecule has 24 heavy (non-hydrogen) atoms. The smallest absolute Gasteiger partial charge is 0.246 e. The number of quaternary nitrogens is 1. The molecule has 0 aliphatic carbocycles. The van der Waals surface area contributed by atoms with Crippen molar-refractivity contribution in [3.8, 4) is 0 Å². The van der Waals surface area contributed by atoms with Gasteiger partial charge in [0.2, 0.25) is 10.0 Å². The predicted octanol–water partition coefficient (Wildman–Crippen LogP) is 1.22. The molecule has 2 aromatic carbocycles. The fraction of sp³-hybridized carbons (Fsp3) is 0.333. The Balaban J connectivity index is 1.64. The molecule has 0 atom stereocenters. The van der Waals surface area contributed by atoms with Crippen molar-refractivity contribution in [2.24, 2.45) is 0 Å². The molecule has 0 radical (unpaired) electrons. The first kappa shape index (κ1) is 17.1. The molecule has 0 bridgehead atoms. The molecule has 128 valence electrons. The Morgan fingerprint density at radius 2 is 1.67 bits per heavy atom. The first-order chi connectivity index (χ1) is 11.5. The maximum absolute atomic E-state index is 13.8. The van der Waals surface area contributed by atoms with Crippen LogP contribution >= 0.6 is 0 Å². The molecular weight excluding hydrogens is 327 g/mol. The average molecular weight is 349 g/mol. The molecule has 1 aliphatic heterocycles. The van der Waals surface area contributed by atoms with E-state index in [0.717, 1.165) is 19.6 Å². The number of piperazine rings is 1. The first-order valence-corrected chi connectivity index (χ1v) is 9.54. The van der Waals surface area contributed by atoms with Crippen LogP contribution in [0.3, 0.4) is 0 Å². The number of benzene rings is 2. The van der Waals surface area contributed by atoms with E-state index >= 15 is 0 Å². The van der Waals surface area contributed by atoms with Crippen LogP contribution in [0, 0.1) is 12.7 Å². The SMILES string of the molecule is Cc1ccc(C[NH+]2CCN(S(=O)(=O)c3ccccc3F)CC2)cc1. The molecule has 0 saturated carbocycles. The van der Waals surface area contributed by atoms with Gasteiger partial charge >= 0.3 is 0 Å². The summed E-state index contributed by atoms with van der Waals surface area (Å²) in [7, 11) is -3.75. The Morgan fingerprint density at radius 3 is 2.29 bits per heavy atom. The van der Waals surface area contributed by atoms with E-state index in [9.17, 15) is 12.8 Å². The summed E-state index contributed by atoms with van der Waals surface area (Å²) in [6, 6.07) is 14.0. The van der Waals surface area contributed by atoms with Gasteiger partial charge < -0.3 is 4.90 Å². The number of nitrogens with zero attached hydrogens (tertiary/aromatic N) is 1. The van der Waals surface area contributed by atoms with E-state index in [1.54, 1.807) is 6.07 Å². The number of aryl methyl sites for hydroxylation is 1. The number of sulfonamides is 1. The van der Waals surface area contributed by atoms with Gasteiger partial charge in [0, 0.05) is 5.56 Å². The number of nitrogens with one attached hydrogen (secondary N) is 1. The largest absolute Gasteiger partial charge is 0.329 e. The summed E-state index contributed by atoms with van der Waals surface area (Å²) in [5, 5.41) is 0. The van der Waals surface area contributed by atoms with Gasteiger partial charge in [0.05, 0.1) is 26.2 Å². The minimum absolute atomic E-state index is 0.230. The van der Waals surface area contributed by atoms with Gasteiger partial charge in [0.15, 0.2) is 0 Å². The highest BCUT2D eigenvalue weighted by atomic mass is 32.2. The third-order valence-corrected chi connectivity index (χ3v) is 6.39. The lowest BCUT2D eigenvalue weighted by atomic mass is 10.1. The van der Waals surface area contributed by atoms with Crippen LogP contribution in [0.15, 0.2) is 53.4 Å². The van der Waals surface area contributed by atoms with Gasteiger partial charge in [-0.1, -0.05) is 42.0 Å². The summed E-state index contributed by atoms with van der Waals surface area (Å²) >= 11 is 0. The highest BCUT2D eigenvalue weighted by Crippen LogP contribution is 2.18. The Morgan fingerprint density at radius 1 is 1.04 bits per heavy atom. The molecule has 6 heteroatoms. The van der Waals surface area contributed by atoms with Crippen LogP contribution in [0.1, 0.15) is 11.1 Å². The average Bonchev–Trinajstić information content (AvgIpc) is 2.58. The van der Waals surface area contributed by atoms with Gasteiger partial charge in [-0.3, -0.25) is 0 Å². The highest BCUT2D eigenvalue weighted by Gasteiger charge is 2.31. The molecule has 0 spiro atoms. The maximum Gasteiger partial charge on any atom is 0.246 e. The molecule has 2 aromatic rings. The zero-order valence-electron chi connectivity index (χ0n) is 13.7. The Bertz CT molecular complexity index is 798. The lowest BCUT2D eigenvalue weighted by Crippen LogP contribution is -3.13. The van der Waals surface area contributed by atoms with Crippen LogP contribution in [-0.2, 0) is 16.6 Å². The number of hydrogen-bond donors (Lipinski definition) is 1. The predicted molar refractivity (Wildman–Crippen MR) is 90.7 cm³/mol. The molecule has 3 rings (SSSR count). The second-order valence-electron chi connectivity index (χ2n) is 6.25. The Kier molecular flexibility index (Phi) is 4.99. The summed E-state index contributed by atoms with van der Waals surface area (Å²) < 4.78 is 40.4. The third kappa shape index (κ3) is 3.66. The summed E-state index contributed by atoms with van der Waals surface area (Å²) in [4.78, 5) is 1.12. The van der Waals surface area contributed by atoms with Gasteiger partial charge in [-0.05, 0) is 19.1 Å². The van der Waals surface area contributed by atoms with Gasteiger partial charge in [0.1, 0.15) is 17.3 Å². The molecule has 1 saturated heterocycles. The van der Waals surface area contributed by atoms with Crippen LogP contribution in [-0.4, -0.2) is 38.9 Å². The van der Waals surface area contributed by atoms with Crippen LogP contribution in [0.2, 0.25) is 0 Å². The van der Waals surface area contributed by atoms with E-state index < -0.39 is 15.8 Å². The van der Waals surface area contributed by atoms with Gasteiger partial charge in [-0.15, -0.1) is 0 Å². The van der Waals surface area contributed by atoms with Crippen molar-refractivity contribution in [1.82, 2.24) is 4.31 Å².